The van der Waals surface area contributed by atoms with Gasteiger partial charge in [0.15, 0.2) is 11.6 Å². The zero-order chi connectivity index (χ0) is 12.8. The predicted molar refractivity (Wildman–Crippen MR) is 65.9 cm³/mol. The Morgan fingerprint density at radius 2 is 1.50 bits per heavy atom. The van der Waals surface area contributed by atoms with E-state index in [1.807, 2.05) is 20.8 Å². The van der Waals surface area contributed by atoms with Crippen LogP contribution in [0, 0.1) is 17.3 Å². The van der Waals surface area contributed by atoms with Gasteiger partial charge in [0.2, 0.25) is 0 Å². The molecule has 0 heterocycles. The van der Waals surface area contributed by atoms with Gasteiger partial charge in [-0.15, -0.1) is 0 Å². The second kappa shape index (κ2) is 6.27. The standard InChI is InChI=1S/C14H20O2/c1-6-12(15)11(13(16)7-2)9-8-10-14(3,4)5/h9H,6-7H2,1-5H3. The van der Waals surface area contributed by atoms with Crippen LogP contribution in [0.15, 0.2) is 11.6 Å². The third-order valence-electron chi connectivity index (χ3n) is 1.91. The van der Waals surface area contributed by atoms with Crippen molar-refractivity contribution in [3.8, 4) is 11.8 Å². The summed E-state index contributed by atoms with van der Waals surface area (Å²) in [4.78, 5) is 23.0. The van der Waals surface area contributed by atoms with Crippen LogP contribution in [0.4, 0.5) is 0 Å². The number of rotatable bonds is 4. The van der Waals surface area contributed by atoms with E-state index in [1.165, 1.54) is 6.08 Å². The molecule has 0 rings (SSSR count). The molecule has 0 saturated carbocycles. The van der Waals surface area contributed by atoms with Gasteiger partial charge < -0.3 is 0 Å². The number of carbonyl (C=O) groups excluding carboxylic acids is 2. The van der Waals surface area contributed by atoms with Crippen LogP contribution in [-0.2, 0) is 9.59 Å². The molecule has 0 aromatic rings. The maximum atomic E-state index is 11.5. The van der Waals surface area contributed by atoms with Crippen molar-refractivity contribution in [2.45, 2.75) is 47.5 Å². The largest absolute Gasteiger partial charge is 0.294 e. The minimum absolute atomic E-state index is 0.119. The van der Waals surface area contributed by atoms with Gasteiger partial charge in [-0.2, -0.15) is 0 Å². The number of Topliss-reactive ketones (excluding diaryl/α,β-unsaturated/α-hetero) is 2. The van der Waals surface area contributed by atoms with Crippen molar-refractivity contribution in [2.24, 2.45) is 5.41 Å². The molecule has 0 aliphatic rings. The molecule has 88 valence electrons. The van der Waals surface area contributed by atoms with E-state index < -0.39 is 0 Å². The third-order valence-corrected chi connectivity index (χ3v) is 1.91. The van der Waals surface area contributed by atoms with Crippen LogP contribution in [0.3, 0.4) is 0 Å². The summed E-state index contributed by atoms with van der Waals surface area (Å²) in [5, 5.41) is 0. The molecule has 0 atom stereocenters. The molecule has 0 aliphatic heterocycles. The zero-order valence-electron chi connectivity index (χ0n) is 10.8. The lowest BCUT2D eigenvalue weighted by Crippen LogP contribution is -2.11. The number of ketones is 2. The highest BCUT2D eigenvalue weighted by molar-refractivity contribution is 6.20. The van der Waals surface area contributed by atoms with E-state index >= 15 is 0 Å². The molecule has 16 heavy (non-hydrogen) atoms. The molecular formula is C14H20O2. The fourth-order valence-electron chi connectivity index (χ4n) is 1.02. The van der Waals surface area contributed by atoms with E-state index in [2.05, 4.69) is 11.8 Å². The second-order valence-corrected chi connectivity index (χ2v) is 4.63. The molecule has 2 heteroatoms. The van der Waals surface area contributed by atoms with Crippen molar-refractivity contribution in [3.63, 3.8) is 0 Å². The number of carbonyl (C=O) groups is 2. The van der Waals surface area contributed by atoms with Crippen LogP contribution in [0.2, 0.25) is 0 Å². The first-order chi connectivity index (χ1) is 7.31. The normalized spacial score (nSPS) is 10.1. The summed E-state index contributed by atoms with van der Waals surface area (Å²) in [6.07, 6.45) is 2.15. The fourth-order valence-corrected chi connectivity index (χ4v) is 1.02. The van der Waals surface area contributed by atoms with Crippen LogP contribution < -0.4 is 0 Å². The van der Waals surface area contributed by atoms with E-state index in [4.69, 9.17) is 0 Å². The first kappa shape index (κ1) is 14.6. The van der Waals surface area contributed by atoms with E-state index in [9.17, 15) is 9.59 Å². The highest BCUT2D eigenvalue weighted by atomic mass is 16.1. The summed E-state index contributed by atoms with van der Waals surface area (Å²) in [6, 6.07) is 0. The summed E-state index contributed by atoms with van der Waals surface area (Å²) in [6.45, 7) is 9.44. The molecule has 0 saturated heterocycles. The molecule has 0 fully saturated rings. The third kappa shape index (κ3) is 5.50. The monoisotopic (exact) mass is 220 g/mol. The van der Waals surface area contributed by atoms with E-state index in [0.717, 1.165) is 0 Å². The Morgan fingerprint density at radius 1 is 1.06 bits per heavy atom. The minimum Gasteiger partial charge on any atom is -0.294 e. The van der Waals surface area contributed by atoms with Crippen LogP contribution in [0.1, 0.15) is 47.5 Å². The maximum Gasteiger partial charge on any atom is 0.166 e. The number of allylic oxidation sites excluding steroid dienone is 2. The van der Waals surface area contributed by atoms with Gasteiger partial charge in [-0.25, -0.2) is 0 Å². The van der Waals surface area contributed by atoms with Crippen LogP contribution in [-0.4, -0.2) is 11.6 Å². The van der Waals surface area contributed by atoms with Gasteiger partial charge >= 0.3 is 0 Å². The van der Waals surface area contributed by atoms with Crippen molar-refractivity contribution in [3.05, 3.63) is 11.6 Å². The Morgan fingerprint density at radius 3 is 1.81 bits per heavy atom. The summed E-state index contributed by atoms with van der Waals surface area (Å²) < 4.78 is 0. The molecule has 0 N–H and O–H groups in total. The van der Waals surface area contributed by atoms with Crippen LogP contribution >= 0.6 is 0 Å². The Balaban J connectivity index is 5.04. The quantitative estimate of drug-likeness (QED) is 0.316. The van der Waals surface area contributed by atoms with E-state index in [1.54, 1.807) is 13.8 Å². The first-order valence-electron chi connectivity index (χ1n) is 5.61. The summed E-state index contributed by atoms with van der Waals surface area (Å²) in [5.41, 5.74) is 0.119. The zero-order valence-corrected chi connectivity index (χ0v) is 10.8. The number of hydrogen-bond acceptors (Lipinski definition) is 2. The number of hydrogen-bond donors (Lipinski definition) is 0. The van der Waals surface area contributed by atoms with Crippen LogP contribution in [0.25, 0.3) is 0 Å². The van der Waals surface area contributed by atoms with E-state index in [-0.39, 0.29) is 22.6 Å². The van der Waals surface area contributed by atoms with Crippen molar-refractivity contribution in [1.29, 1.82) is 0 Å². The highest BCUT2D eigenvalue weighted by Gasteiger charge is 2.13. The van der Waals surface area contributed by atoms with Gasteiger partial charge in [0.1, 0.15) is 0 Å². The smallest absolute Gasteiger partial charge is 0.166 e. The molecule has 0 aromatic carbocycles. The van der Waals surface area contributed by atoms with Crippen molar-refractivity contribution >= 4 is 11.6 Å². The topological polar surface area (TPSA) is 34.1 Å². The summed E-state index contributed by atoms with van der Waals surface area (Å²) >= 11 is 0. The molecular weight excluding hydrogens is 200 g/mol. The van der Waals surface area contributed by atoms with Crippen molar-refractivity contribution in [2.75, 3.05) is 0 Å². The summed E-state index contributed by atoms with van der Waals surface area (Å²) in [5.74, 6) is 5.52. The molecule has 2 nitrogen and oxygen atoms in total. The average molecular weight is 220 g/mol. The lowest BCUT2D eigenvalue weighted by Gasteiger charge is -2.06. The van der Waals surface area contributed by atoms with Gasteiger partial charge in [0, 0.05) is 24.3 Å². The SMILES string of the molecule is CCC(=O)C(=CC#CC(C)(C)C)C(=O)CC. The average Bonchev–Trinajstić information content (AvgIpc) is 2.21. The Hall–Kier alpha value is -1.36. The summed E-state index contributed by atoms with van der Waals surface area (Å²) in [7, 11) is 0. The van der Waals surface area contributed by atoms with Gasteiger partial charge in [0.05, 0.1) is 5.57 Å². The van der Waals surface area contributed by atoms with Crippen LogP contribution in [0.5, 0.6) is 0 Å². The Bertz CT molecular complexity index is 338. The molecule has 0 radical (unpaired) electrons. The maximum absolute atomic E-state index is 11.5. The lowest BCUT2D eigenvalue weighted by molar-refractivity contribution is -0.121. The molecule has 0 aromatic heterocycles. The van der Waals surface area contributed by atoms with Gasteiger partial charge in [0.25, 0.3) is 0 Å². The lowest BCUT2D eigenvalue weighted by atomic mass is 9.97. The minimum atomic E-state index is -0.130. The molecule has 0 aliphatic carbocycles. The van der Waals surface area contributed by atoms with Gasteiger partial charge in [-0.1, -0.05) is 25.7 Å². The predicted octanol–water partition coefficient (Wildman–Crippen LogP) is 2.92. The van der Waals surface area contributed by atoms with Gasteiger partial charge in [-0.05, 0) is 20.8 Å². The first-order valence-corrected chi connectivity index (χ1v) is 5.61. The molecule has 0 amide bonds. The molecule has 0 spiro atoms. The van der Waals surface area contributed by atoms with Crippen molar-refractivity contribution < 1.29 is 9.59 Å². The second-order valence-electron chi connectivity index (χ2n) is 4.63. The molecule has 0 bridgehead atoms. The fraction of sp³-hybridized carbons (Fsp3) is 0.571. The van der Waals surface area contributed by atoms with E-state index in [0.29, 0.717) is 12.8 Å². The van der Waals surface area contributed by atoms with Gasteiger partial charge in [-0.3, -0.25) is 9.59 Å². The van der Waals surface area contributed by atoms with Crippen molar-refractivity contribution in [1.82, 2.24) is 0 Å². The highest BCUT2D eigenvalue weighted by Crippen LogP contribution is 2.10. The Labute approximate surface area is 98.1 Å². The Kier molecular flexibility index (Phi) is 5.74. The molecule has 0 unspecified atom stereocenters.